The van der Waals surface area contributed by atoms with Crippen LogP contribution in [0, 0.1) is 5.82 Å². The second-order valence-corrected chi connectivity index (χ2v) is 4.08. The van der Waals surface area contributed by atoms with Gasteiger partial charge < -0.3 is 10.4 Å². The molecule has 0 aliphatic heterocycles. The zero-order valence-corrected chi connectivity index (χ0v) is 10.7. The first kappa shape index (κ1) is 15.6. The van der Waals surface area contributed by atoms with Gasteiger partial charge in [-0.3, -0.25) is 14.9 Å². The van der Waals surface area contributed by atoms with Crippen molar-refractivity contribution >= 4 is 23.6 Å². The number of urea groups is 1. The number of carbonyl (C=O) groups is 3. The van der Waals surface area contributed by atoms with Crippen LogP contribution in [0.5, 0.6) is 0 Å². The van der Waals surface area contributed by atoms with E-state index < -0.39 is 23.7 Å². The maximum atomic E-state index is 13.2. The maximum absolute atomic E-state index is 13.2. The van der Waals surface area contributed by atoms with Crippen molar-refractivity contribution in [2.24, 2.45) is 0 Å². The highest BCUT2D eigenvalue weighted by Gasteiger charge is 2.10. The number of benzene rings is 1. The number of hydrogen-bond acceptors (Lipinski definition) is 3. The van der Waals surface area contributed by atoms with Crippen LogP contribution in [0.4, 0.5) is 14.9 Å². The molecule has 0 saturated carbocycles. The number of carboxylic acids is 1. The fourth-order valence-corrected chi connectivity index (χ4v) is 1.47. The average Bonchev–Trinajstić information content (AvgIpc) is 2.37. The summed E-state index contributed by atoms with van der Waals surface area (Å²) in [6, 6.07) is 4.76. The second kappa shape index (κ2) is 7.88. The van der Waals surface area contributed by atoms with E-state index in [1.807, 2.05) is 5.32 Å². The van der Waals surface area contributed by atoms with Gasteiger partial charge in [-0.2, -0.15) is 0 Å². The van der Waals surface area contributed by atoms with Crippen molar-refractivity contribution in [2.75, 3.05) is 5.32 Å². The molecule has 108 valence electrons. The first-order chi connectivity index (χ1) is 9.49. The number of nitrogens with one attached hydrogen (secondary N) is 2. The molecule has 6 nitrogen and oxygen atoms in total. The summed E-state index contributed by atoms with van der Waals surface area (Å²) in [6.07, 6.45) is 0.746. The number of hydrogen-bond donors (Lipinski definition) is 3. The van der Waals surface area contributed by atoms with Gasteiger partial charge in [0.15, 0.2) is 0 Å². The molecule has 0 unspecified atom stereocenters. The molecule has 20 heavy (non-hydrogen) atoms. The maximum Gasteiger partial charge on any atom is 0.325 e. The quantitative estimate of drug-likeness (QED) is 0.696. The van der Waals surface area contributed by atoms with Gasteiger partial charge in [0.25, 0.3) is 0 Å². The summed E-state index contributed by atoms with van der Waals surface area (Å²) in [4.78, 5) is 33.0. The lowest BCUT2D eigenvalue weighted by molar-refractivity contribution is -0.137. The predicted octanol–water partition coefficient (Wildman–Crippen LogP) is 2.12. The highest BCUT2D eigenvalue weighted by molar-refractivity contribution is 6.01. The Morgan fingerprint density at radius 3 is 2.40 bits per heavy atom. The van der Waals surface area contributed by atoms with Gasteiger partial charge in [0.1, 0.15) is 5.82 Å². The Morgan fingerprint density at radius 2 is 1.75 bits per heavy atom. The summed E-state index contributed by atoms with van der Waals surface area (Å²) in [5.41, 5.74) is -0.0244. The highest BCUT2D eigenvalue weighted by Crippen LogP contribution is 2.11. The minimum Gasteiger partial charge on any atom is -0.481 e. The second-order valence-electron chi connectivity index (χ2n) is 4.08. The third kappa shape index (κ3) is 5.94. The van der Waals surface area contributed by atoms with Crippen molar-refractivity contribution in [3.63, 3.8) is 0 Å². The van der Waals surface area contributed by atoms with Crippen LogP contribution < -0.4 is 10.6 Å². The van der Waals surface area contributed by atoms with E-state index in [0.717, 1.165) is 0 Å². The van der Waals surface area contributed by atoms with E-state index in [1.165, 1.54) is 18.2 Å². The molecular formula is C13H15FN2O4. The molecular weight excluding hydrogens is 267 g/mol. The largest absolute Gasteiger partial charge is 0.481 e. The summed E-state index contributed by atoms with van der Waals surface area (Å²) in [7, 11) is 0. The van der Waals surface area contributed by atoms with Crippen LogP contribution in [-0.2, 0) is 9.59 Å². The molecule has 0 aliphatic carbocycles. The molecule has 0 spiro atoms. The van der Waals surface area contributed by atoms with Crippen LogP contribution in [0.15, 0.2) is 24.3 Å². The van der Waals surface area contributed by atoms with Crippen molar-refractivity contribution in [3.8, 4) is 0 Å². The van der Waals surface area contributed by atoms with Crippen LogP contribution in [0.2, 0.25) is 0 Å². The minimum absolute atomic E-state index is 0.0191. The molecule has 0 saturated heterocycles. The molecule has 0 aliphatic rings. The van der Waals surface area contributed by atoms with Gasteiger partial charge in [-0.25, -0.2) is 9.18 Å². The Labute approximate surface area is 115 Å². The normalized spacial score (nSPS) is 9.85. The number of rotatable bonds is 6. The summed E-state index contributed by atoms with van der Waals surface area (Å²) >= 11 is 0. The number of halogens is 1. The fraction of sp³-hybridized carbons (Fsp3) is 0.308. The number of aliphatic carboxylic acids is 1. The lowest BCUT2D eigenvalue weighted by Gasteiger charge is -2.07. The van der Waals surface area contributed by atoms with E-state index in [-0.39, 0.29) is 18.5 Å². The SMILES string of the molecule is O=C(O)CCCCC(=O)NC(=O)Nc1ccccc1F. The van der Waals surface area contributed by atoms with Gasteiger partial charge in [-0.05, 0) is 25.0 Å². The predicted molar refractivity (Wildman–Crippen MR) is 69.7 cm³/mol. The molecule has 3 amide bonds. The van der Waals surface area contributed by atoms with Crippen molar-refractivity contribution in [1.29, 1.82) is 0 Å². The summed E-state index contributed by atoms with van der Waals surface area (Å²) < 4.78 is 13.2. The smallest absolute Gasteiger partial charge is 0.325 e. The molecule has 1 rings (SSSR count). The van der Waals surface area contributed by atoms with Crippen LogP contribution in [0.25, 0.3) is 0 Å². The van der Waals surface area contributed by atoms with Crippen molar-refractivity contribution in [2.45, 2.75) is 25.7 Å². The van der Waals surface area contributed by atoms with E-state index in [0.29, 0.717) is 12.8 Å². The van der Waals surface area contributed by atoms with Crippen LogP contribution in [-0.4, -0.2) is 23.0 Å². The number of carboxylic acid groups (broad SMARTS) is 1. The van der Waals surface area contributed by atoms with Crippen LogP contribution >= 0.6 is 0 Å². The number of unbranched alkanes of at least 4 members (excludes halogenated alkanes) is 1. The Balaban J connectivity index is 2.30. The van der Waals surface area contributed by atoms with Crippen molar-refractivity contribution in [1.82, 2.24) is 5.32 Å². The topological polar surface area (TPSA) is 95.5 Å². The molecule has 7 heteroatoms. The average molecular weight is 282 g/mol. The summed E-state index contributed by atoms with van der Waals surface area (Å²) in [6.45, 7) is 0. The number of anilines is 1. The lowest BCUT2D eigenvalue weighted by Crippen LogP contribution is -2.34. The van der Waals surface area contributed by atoms with Gasteiger partial charge in [-0.1, -0.05) is 12.1 Å². The fourth-order valence-electron chi connectivity index (χ4n) is 1.47. The molecule has 0 heterocycles. The molecule has 1 aromatic carbocycles. The number of para-hydroxylation sites is 1. The Bertz CT molecular complexity index is 505. The zero-order chi connectivity index (χ0) is 15.0. The van der Waals surface area contributed by atoms with E-state index in [1.54, 1.807) is 6.07 Å². The monoisotopic (exact) mass is 282 g/mol. The molecule has 0 bridgehead atoms. The third-order valence-corrected chi connectivity index (χ3v) is 2.42. The minimum atomic E-state index is -0.928. The van der Waals surface area contributed by atoms with Gasteiger partial charge in [0.2, 0.25) is 5.91 Å². The third-order valence-electron chi connectivity index (χ3n) is 2.42. The van der Waals surface area contributed by atoms with Gasteiger partial charge in [0.05, 0.1) is 5.69 Å². The first-order valence-corrected chi connectivity index (χ1v) is 6.06. The molecule has 3 N–H and O–H groups in total. The molecule has 0 radical (unpaired) electrons. The Kier molecular flexibility index (Phi) is 6.15. The van der Waals surface area contributed by atoms with Gasteiger partial charge in [0, 0.05) is 12.8 Å². The van der Waals surface area contributed by atoms with Crippen molar-refractivity contribution < 1.29 is 23.9 Å². The Hall–Kier alpha value is -2.44. The molecule has 0 fully saturated rings. The first-order valence-electron chi connectivity index (χ1n) is 6.06. The number of imide groups is 1. The number of carbonyl (C=O) groups excluding carboxylic acids is 2. The summed E-state index contributed by atoms with van der Waals surface area (Å²) in [5, 5.41) is 12.7. The molecule has 0 aromatic heterocycles. The zero-order valence-electron chi connectivity index (χ0n) is 10.7. The van der Waals surface area contributed by atoms with Gasteiger partial charge in [-0.15, -0.1) is 0 Å². The Morgan fingerprint density at radius 1 is 1.10 bits per heavy atom. The van der Waals surface area contributed by atoms with E-state index >= 15 is 0 Å². The highest BCUT2D eigenvalue weighted by atomic mass is 19.1. The molecule has 0 atom stereocenters. The van der Waals surface area contributed by atoms with Crippen LogP contribution in [0.3, 0.4) is 0 Å². The summed E-state index contributed by atoms with van der Waals surface area (Å²) in [5.74, 6) is -2.07. The molecule has 1 aromatic rings. The van der Waals surface area contributed by atoms with E-state index in [2.05, 4.69) is 5.32 Å². The van der Waals surface area contributed by atoms with Crippen LogP contribution in [0.1, 0.15) is 25.7 Å². The number of amides is 3. The van der Waals surface area contributed by atoms with E-state index in [9.17, 15) is 18.8 Å². The van der Waals surface area contributed by atoms with Gasteiger partial charge >= 0.3 is 12.0 Å². The van der Waals surface area contributed by atoms with Crippen molar-refractivity contribution in [3.05, 3.63) is 30.1 Å². The van der Waals surface area contributed by atoms with E-state index in [4.69, 9.17) is 5.11 Å². The lowest BCUT2D eigenvalue weighted by atomic mass is 10.2. The standard InChI is InChI=1S/C13H15FN2O4/c14-9-5-1-2-6-10(9)15-13(20)16-11(17)7-3-4-8-12(18)19/h1-2,5-6H,3-4,7-8H2,(H,18,19)(H2,15,16,17,20).